The minimum absolute atomic E-state index is 0.127. The third-order valence-corrected chi connectivity index (χ3v) is 5.43. The van der Waals surface area contributed by atoms with Crippen molar-refractivity contribution in [2.75, 3.05) is 46.6 Å². The van der Waals surface area contributed by atoms with Gasteiger partial charge in [-0.2, -0.15) is 0 Å². The lowest BCUT2D eigenvalue weighted by Gasteiger charge is -2.24. The summed E-state index contributed by atoms with van der Waals surface area (Å²) in [5, 5.41) is 0. The van der Waals surface area contributed by atoms with Gasteiger partial charge in [0.05, 0.1) is 50.7 Å². The van der Waals surface area contributed by atoms with Crippen LogP contribution in [0.3, 0.4) is 0 Å². The first kappa shape index (κ1) is 10.6. The van der Waals surface area contributed by atoms with Crippen LogP contribution >= 0.6 is 18.2 Å². The summed E-state index contributed by atoms with van der Waals surface area (Å²) in [5.74, 6) is 0.405. The van der Waals surface area contributed by atoms with E-state index in [1.54, 1.807) is 27.9 Å². The maximum absolute atomic E-state index is 12.1. The van der Waals surface area contributed by atoms with Gasteiger partial charge < -0.3 is 13.5 Å². The van der Waals surface area contributed by atoms with E-state index in [9.17, 15) is 4.57 Å². The van der Waals surface area contributed by atoms with Gasteiger partial charge in [0.1, 0.15) is 0 Å². The van der Waals surface area contributed by atoms with Gasteiger partial charge >= 0.3 is 6.80 Å². The topological polar surface area (TPSA) is 35.5 Å². The van der Waals surface area contributed by atoms with Crippen LogP contribution in [0.4, 0.5) is 0 Å². The van der Waals surface area contributed by atoms with Gasteiger partial charge in [-0.1, -0.05) is 0 Å². The fraction of sp³-hybridized carbons (Fsp3) is 1.00. The van der Waals surface area contributed by atoms with Crippen molar-refractivity contribution >= 4 is 18.2 Å². The standard InChI is InChI=1S/C9H23NO3PS/c1-6-12-14(11,13-7-2)15-9-8-10(3,4)5/h6-9H2,1-5H3/q+1/i3D3. The summed E-state index contributed by atoms with van der Waals surface area (Å²) in [6.07, 6.45) is 0. The molecule has 92 valence electrons. The highest BCUT2D eigenvalue weighted by Crippen LogP contribution is 2.60. The Labute approximate surface area is 101 Å². The second kappa shape index (κ2) is 6.92. The maximum Gasteiger partial charge on any atom is 0.389 e. The van der Waals surface area contributed by atoms with Crippen molar-refractivity contribution in [3.05, 3.63) is 0 Å². The number of hydrogen-bond donors (Lipinski definition) is 0. The molecule has 0 saturated carbocycles. The molecule has 0 bridgehead atoms. The molecule has 0 N–H and O–H groups in total. The van der Waals surface area contributed by atoms with Crippen LogP contribution in [0.15, 0.2) is 0 Å². The van der Waals surface area contributed by atoms with E-state index < -0.39 is 13.8 Å². The highest BCUT2D eigenvalue weighted by molar-refractivity contribution is 8.55. The first-order chi connectivity index (χ1) is 8.08. The lowest BCUT2D eigenvalue weighted by Crippen LogP contribution is -2.36. The van der Waals surface area contributed by atoms with E-state index in [0.717, 1.165) is 11.4 Å². The van der Waals surface area contributed by atoms with Crippen molar-refractivity contribution in [3.8, 4) is 0 Å². The molecule has 0 saturated heterocycles. The summed E-state index contributed by atoms with van der Waals surface area (Å²) in [4.78, 5) is 0. The number of quaternary nitrogens is 1. The summed E-state index contributed by atoms with van der Waals surface area (Å²) < 4.78 is 44.4. The Hall–Kier alpha value is 0.460. The Morgan fingerprint density at radius 1 is 1.33 bits per heavy atom. The maximum atomic E-state index is 12.1. The van der Waals surface area contributed by atoms with Crippen molar-refractivity contribution in [1.82, 2.24) is 0 Å². The average Bonchev–Trinajstić information content (AvgIpc) is 2.15. The lowest BCUT2D eigenvalue weighted by molar-refractivity contribution is -0.867. The fourth-order valence-electron chi connectivity index (χ4n) is 0.809. The second-order valence-electron chi connectivity index (χ2n) is 3.52. The summed E-state index contributed by atoms with van der Waals surface area (Å²) in [6, 6.07) is 0. The average molecular weight is 259 g/mol. The van der Waals surface area contributed by atoms with Crippen molar-refractivity contribution in [2.24, 2.45) is 0 Å². The quantitative estimate of drug-likeness (QED) is 0.496. The monoisotopic (exact) mass is 259 g/mol. The SMILES string of the molecule is [2H]C([2H])([2H])[N+](C)(C)CCSP(=O)(OCC)OCC. The third-order valence-electron chi connectivity index (χ3n) is 1.47. The third kappa shape index (κ3) is 8.29. The van der Waals surface area contributed by atoms with Crippen LogP contribution in [0.5, 0.6) is 0 Å². The summed E-state index contributed by atoms with van der Waals surface area (Å²) in [7, 11) is 3.25. The van der Waals surface area contributed by atoms with Crippen LogP contribution in [0.1, 0.15) is 18.0 Å². The summed E-state index contributed by atoms with van der Waals surface area (Å²) in [6.45, 7) is -0.746. The molecule has 0 spiro atoms. The van der Waals surface area contributed by atoms with Crippen molar-refractivity contribution in [3.63, 3.8) is 0 Å². The molecule has 0 aromatic rings. The Morgan fingerprint density at radius 3 is 2.27 bits per heavy atom. The fourth-order valence-corrected chi connectivity index (χ4v) is 4.42. The molecule has 0 atom stereocenters. The minimum atomic E-state index is -3.13. The van der Waals surface area contributed by atoms with Gasteiger partial charge in [-0.3, -0.25) is 0 Å². The largest absolute Gasteiger partial charge is 0.389 e. The van der Waals surface area contributed by atoms with Crippen LogP contribution < -0.4 is 0 Å². The molecule has 15 heavy (non-hydrogen) atoms. The molecule has 0 fully saturated rings. The molecule has 0 aliphatic carbocycles. The van der Waals surface area contributed by atoms with E-state index in [1.165, 1.54) is 0 Å². The van der Waals surface area contributed by atoms with Crippen LogP contribution in [0.2, 0.25) is 0 Å². The van der Waals surface area contributed by atoms with E-state index in [-0.39, 0.29) is 4.48 Å². The normalized spacial score (nSPS) is 16.9. The second-order valence-corrected chi connectivity index (χ2v) is 7.72. The predicted molar refractivity (Wildman–Crippen MR) is 66.2 cm³/mol. The van der Waals surface area contributed by atoms with Gasteiger partial charge in [-0.15, -0.1) is 0 Å². The smallest absolute Gasteiger partial charge is 0.330 e. The van der Waals surface area contributed by atoms with Crippen molar-refractivity contribution in [1.29, 1.82) is 0 Å². The van der Waals surface area contributed by atoms with Crippen LogP contribution in [0.25, 0.3) is 0 Å². The zero-order chi connectivity index (χ0) is 14.4. The highest BCUT2D eigenvalue weighted by atomic mass is 32.7. The molecule has 6 heteroatoms. The Kier molecular flexibility index (Phi) is 4.89. The number of hydrogen-bond acceptors (Lipinski definition) is 4. The molecule has 0 radical (unpaired) electrons. The first-order valence-electron chi connectivity index (χ1n) is 6.44. The molecule has 0 aromatic carbocycles. The molecular formula is C9H23NO3PS+. The molecule has 0 aliphatic heterocycles. The number of nitrogens with zero attached hydrogens (tertiary/aromatic N) is 1. The van der Waals surface area contributed by atoms with Gasteiger partial charge in [-0.25, -0.2) is 4.57 Å². The van der Waals surface area contributed by atoms with E-state index in [2.05, 4.69) is 0 Å². The molecule has 0 rings (SSSR count). The highest BCUT2D eigenvalue weighted by Gasteiger charge is 2.25. The van der Waals surface area contributed by atoms with Crippen molar-refractivity contribution < 1.29 is 22.2 Å². The summed E-state index contributed by atoms with van der Waals surface area (Å²) in [5.41, 5.74) is 0. The number of rotatable bonds is 8. The molecule has 0 aromatic heterocycles. The molecule has 0 heterocycles. The van der Waals surface area contributed by atoms with E-state index in [4.69, 9.17) is 13.2 Å². The Balaban J connectivity index is 4.35. The zero-order valence-electron chi connectivity index (χ0n) is 12.9. The van der Waals surface area contributed by atoms with Crippen LogP contribution in [-0.4, -0.2) is 51.1 Å². The summed E-state index contributed by atoms with van der Waals surface area (Å²) >= 11 is 1.06. The molecule has 0 amide bonds. The minimum Gasteiger partial charge on any atom is -0.330 e. The molecule has 0 aliphatic rings. The molecule has 0 unspecified atom stereocenters. The van der Waals surface area contributed by atoms with Gasteiger partial charge in [0, 0.05) is 0 Å². The Bertz CT molecular complexity index is 289. The van der Waals surface area contributed by atoms with Crippen molar-refractivity contribution in [2.45, 2.75) is 13.8 Å². The van der Waals surface area contributed by atoms with Crippen LogP contribution in [-0.2, 0) is 13.6 Å². The van der Waals surface area contributed by atoms with Gasteiger partial charge in [-0.05, 0) is 25.2 Å². The molecular weight excluding hydrogens is 233 g/mol. The Morgan fingerprint density at radius 2 is 1.87 bits per heavy atom. The lowest BCUT2D eigenvalue weighted by atomic mass is 10.6. The first-order valence-corrected chi connectivity index (χ1v) is 8.08. The van der Waals surface area contributed by atoms with Crippen LogP contribution in [0, 0.1) is 0 Å². The van der Waals surface area contributed by atoms with Gasteiger partial charge in [0.2, 0.25) is 0 Å². The molecule has 4 nitrogen and oxygen atoms in total. The van der Waals surface area contributed by atoms with E-state index >= 15 is 0 Å². The van der Waals surface area contributed by atoms with E-state index in [0.29, 0.717) is 25.5 Å². The van der Waals surface area contributed by atoms with Gasteiger partial charge in [0.15, 0.2) is 0 Å². The van der Waals surface area contributed by atoms with E-state index in [1.807, 2.05) is 0 Å². The van der Waals surface area contributed by atoms with Gasteiger partial charge in [0.25, 0.3) is 0 Å². The predicted octanol–water partition coefficient (Wildman–Crippen LogP) is 2.61. The zero-order valence-corrected chi connectivity index (χ0v) is 11.6.